The summed E-state index contributed by atoms with van der Waals surface area (Å²) in [5.41, 5.74) is 6.03. The molecule has 1 amide bonds. The SMILES string of the molecule is CC(CN)N1CCN(C(=O)c2ccccc2O)CC1. The van der Waals surface area contributed by atoms with E-state index in [1.165, 1.54) is 0 Å². The lowest BCUT2D eigenvalue weighted by molar-refractivity contribution is 0.0586. The number of nitrogens with zero attached hydrogens (tertiary/aromatic N) is 2. The van der Waals surface area contributed by atoms with Gasteiger partial charge in [0, 0.05) is 38.8 Å². The van der Waals surface area contributed by atoms with E-state index in [1.807, 2.05) is 0 Å². The number of phenols is 1. The summed E-state index contributed by atoms with van der Waals surface area (Å²) in [5, 5.41) is 9.72. The zero-order valence-corrected chi connectivity index (χ0v) is 11.2. The summed E-state index contributed by atoms with van der Waals surface area (Å²) in [5.74, 6) is -0.0524. The fourth-order valence-electron chi connectivity index (χ4n) is 2.34. The molecular weight excluding hydrogens is 242 g/mol. The minimum Gasteiger partial charge on any atom is -0.507 e. The molecule has 1 aliphatic rings. The third-order valence-electron chi connectivity index (χ3n) is 3.70. The van der Waals surface area contributed by atoms with Crippen molar-refractivity contribution in [1.82, 2.24) is 9.80 Å². The summed E-state index contributed by atoms with van der Waals surface area (Å²) in [7, 11) is 0. The van der Waals surface area contributed by atoms with E-state index in [9.17, 15) is 9.90 Å². The first-order chi connectivity index (χ1) is 9.13. The van der Waals surface area contributed by atoms with Crippen molar-refractivity contribution in [3.05, 3.63) is 29.8 Å². The fourth-order valence-corrected chi connectivity index (χ4v) is 2.34. The molecule has 1 aliphatic heterocycles. The van der Waals surface area contributed by atoms with Crippen LogP contribution >= 0.6 is 0 Å². The van der Waals surface area contributed by atoms with Gasteiger partial charge in [-0.05, 0) is 19.1 Å². The predicted molar refractivity (Wildman–Crippen MR) is 74.1 cm³/mol. The molecule has 1 saturated heterocycles. The second kappa shape index (κ2) is 6.04. The van der Waals surface area contributed by atoms with Gasteiger partial charge in [-0.15, -0.1) is 0 Å². The molecule has 0 saturated carbocycles. The predicted octanol–water partition coefficient (Wildman–Crippen LogP) is 0.497. The maximum Gasteiger partial charge on any atom is 0.257 e. The summed E-state index contributed by atoms with van der Waals surface area (Å²) >= 11 is 0. The molecule has 1 heterocycles. The van der Waals surface area contributed by atoms with E-state index in [4.69, 9.17) is 5.73 Å². The van der Waals surface area contributed by atoms with Crippen molar-refractivity contribution in [2.45, 2.75) is 13.0 Å². The Labute approximate surface area is 113 Å². The average Bonchev–Trinajstić information content (AvgIpc) is 2.46. The lowest BCUT2D eigenvalue weighted by Crippen LogP contribution is -2.52. The van der Waals surface area contributed by atoms with Crippen molar-refractivity contribution < 1.29 is 9.90 Å². The third kappa shape index (κ3) is 3.05. The van der Waals surface area contributed by atoms with Crippen LogP contribution in [0, 0.1) is 0 Å². The molecule has 1 atom stereocenters. The van der Waals surface area contributed by atoms with Crippen molar-refractivity contribution in [3.63, 3.8) is 0 Å². The molecule has 0 bridgehead atoms. The van der Waals surface area contributed by atoms with Gasteiger partial charge >= 0.3 is 0 Å². The van der Waals surface area contributed by atoms with Gasteiger partial charge in [-0.25, -0.2) is 0 Å². The highest BCUT2D eigenvalue weighted by Gasteiger charge is 2.25. The summed E-state index contributed by atoms with van der Waals surface area (Å²) < 4.78 is 0. The van der Waals surface area contributed by atoms with Crippen LogP contribution in [0.3, 0.4) is 0 Å². The van der Waals surface area contributed by atoms with Gasteiger partial charge in [0.1, 0.15) is 5.75 Å². The highest BCUT2D eigenvalue weighted by molar-refractivity contribution is 5.96. The van der Waals surface area contributed by atoms with Crippen LogP contribution in [0.5, 0.6) is 5.75 Å². The van der Waals surface area contributed by atoms with Crippen molar-refractivity contribution in [2.75, 3.05) is 32.7 Å². The number of hydrogen-bond acceptors (Lipinski definition) is 4. The third-order valence-corrected chi connectivity index (χ3v) is 3.70. The number of para-hydroxylation sites is 1. The molecule has 5 nitrogen and oxygen atoms in total. The number of rotatable bonds is 3. The zero-order valence-electron chi connectivity index (χ0n) is 11.2. The van der Waals surface area contributed by atoms with Crippen molar-refractivity contribution >= 4 is 5.91 Å². The van der Waals surface area contributed by atoms with E-state index in [1.54, 1.807) is 29.2 Å². The van der Waals surface area contributed by atoms with Gasteiger partial charge in [-0.1, -0.05) is 12.1 Å². The van der Waals surface area contributed by atoms with E-state index < -0.39 is 0 Å². The largest absolute Gasteiger partial charge is 0.507 e. The number of nitrogens with two attached hydrogens (primary N) is 1. The van der Waals surface area contributed by atoms with Crippen LogP contribution in [0.4, 0.5) is 0 Å². The number of carbonyl (C=O) groups is 1. The van der Waals surface area contributed by atoms with Crippen LogP contribution in [-0.4, -0.2) is 59.6 Å². The Morgan fingerprint density at radius 2 is 1.95 bits per heavy atom. The number of aromatic hydroxyl groups is 1. The van der Waals surface area contributed by atoms with Gasteiger partial charge in [0.2, 0.25) is 0 Å². The lowest BCUT2D eigenvalue weighted by atomic mass is 10.1. The maximum absolute atomic E-state index is 12.3. The number of hydrogen-bond donors (Lipinski definition) is 2. The summed E-state index contributed by atoms with van der Waals surface area (Å²) in [6.45, 7) is 5.75. The van der Waals surface area contributed by atoms with Crippen molar-refractivity contribution in [3.8, 4) is 5.75 Å². The normalized spacial score (nSPS) is 18.3. The number of carbonyl (C=O) groups excluding carboxylic acids is 1. The summed E-state index contributed by atoms with van der Waals surface area (Å²) in [6, 6.07) is 7.03. The standard InChI is InChI=1S/C14H21N3O2/c1-11(10-15)16-6-8-17(9-7-16)14(19)12-4-2-3-5-13(12)18/h2-5,11,18H,6-10,15H2,1H3. The number of phenolic OH excluding ortho intramolecular Hbond substituents is 1. The van der Waals surface area contributed by atoms with E-state index in [2.05, 4.69) is 11.8 Å². The average molecular weight is 263 g/mol. The molecule has 104 valence electrons. The molecule has 1 aromatic carbocycles. The summed E-state index contributed by atoms with van der Waals surface area (Å²) in [6.07, 6.45) is 0. The van der Waals surface area contributed by atoms with E-state index in [0.29, 0.717) is 31.2 Å². The second-order valence-corrected chi connectivity index (χ2v) is 4.93. The fraction of sp³-hybridized carbons (Fsp3) is 0.500. The highest BCUT2D eigenvalue weighted by atomic mass is 16.3. The van der Waals surface area contributed by atoms with Crippen molar-refractivity contribution in [2.24, 2.45) is 5.73 Å². The topological polar surface area (TPSA) is 69.8 Å². The molecular formula is C14H21N3O2. The Balaban J connectivity index is 1.98. The van der Waals surface area contributed by atoms with Crippen LogP contribution in [0.1, 0.15) is 17.3 Å². The minimum absolute atomic E-state index is 0.0465. The molecule has 3 N–H and O–H groups in total. The van der Waals surface area contributed by atoms with Gasteiger partial charge in [0.05, 0.1) is 5.56 Å². The number of amides is 1. The first-order valence-corrected chi connectivity index (χ1v) is 6.65. The maximum atomic E-state index is 12.3. The van der Waals surface area contributed by atoms with Crippen LogP contribution in [0.15, 0.2) is 24.3 Å². The molecule has 19 heavy (non-hydrogen) atoms. The Bertz CT molecular complexity index is 442. The summed E-state index contributed by atoms with van der Waals surface area (Å²) in [4.78, 5) is 16.4. The Morgan fingerprint density at radius 3 is 2.53 bits per heavy atom. The minimum atomic E-state index is -0.0989. The number of benzene rings is 1. The van der Waals surface area contributed by atoms with E-state index >= 15 is 0 Å². The second-order valence-electron chi connectivity index (χ2n) is 4.93. The molecule has 1 unspecified atom stereocenters. The van der Waals surface area contributed by atoms with E-state index in [0.717, 1.165) is 13.1 Å². The first kappa shape index (κ1) is 13.8. The smallest absolute Gasteiger partial charge is 0.257 e. The Morgan fingerprint density at radius 1 is 1.32 bits per heavy atom. The van der Waals surface area contributed by atoms with Gasteiger partial charge in [0.15, 0.2) is 0 Å². The van der Waals surface area contributed by atoms with Gasteiger partial charge in [-0.2, -0.15) is 0 Å². The highest BCUT2D eigenvalue weighted by Crippen LogP contribution is 2.19. The molecule has 1 aromatic rings. The zero-order chi connectivity index (χ0) is 13.8. The van der Waals surface area contributed by atoms with E-state index in [-0.39, 0.29) is 11.7 Å². The lowest BCUT2D eigenvalue weighted by Gasteiger charge is -2.37. The molecule has 2 rings (SSSR count). The Kier molecular flexibility index (Phi) is 4.39. The first-order valence-electron chi connectivity index (χ1n) is 6.65. The van der Waals surface area contributed by atoms with Crippen LogP contribution < -0.4 is 5.73 Å². The van der Waals surface area contributed by atoms with Crippen LogP contribution in [0.2, 0.25) is 0 Å². The molecule has 1 fully saturated rings. The quantitative estimate of drug-likeness (QED) is 0.833. The van der Waals surface area contributed by atoms with Gasteiger partial charge in [-0.3, -0.25) is 9.69 Å². The van der Waals surface area contributed by atoms with Gasteiger partial charge < -0.3 is 15.7 Å². The Hall–Kier alpha value is -1.59. The molecule has 0 radical (unpaired) electrons. The van der Waals surface area contributed by atoms with Crippen LogP contribution in [-0.2, 0) is 0 Å². The monoisotopic (exact) mass is 263 g/mol. The van der Waals surface area contributed by atoms with Crippen LogP contribution in [0.25, 0.3) is 0 Å². The van der Waals surface area contributed by atoms with Gasteiger partial charge in [0.25, 0.3) is 5.91 Å². The molecule has 5 heteroatoms. The molecule has 0 aliphatic carbocycles. The molecule has 0 spiro atoms. The van der Waals surface area contributed by atoms with Crippen molar-refractivity contribution in [1.29, 1.82) is 0 Å². The molecule has 0 aromatic heterocycles. The number of piperazine rings is 1.